The summed E-state index contributed by atoms with van der Waals surface area (Å²) in [5, 5.41) is 3.90. The monoisotopic (exact) mass is 421 g/mol. The molecule has 0 spiro atoms. The van der Waals surface area contributed by atoms with Gasteiger partial charge >= 0.3 is 0 Å². The number of hydrogen-bond donors (Lipinski definition) is 2. The van der Waals surface area contributed by atoms with Gasteiger partial charge in [-0.15, -0.1) is 0 Å². The molecule has 0 aliphatic carbocycles. The van der Waals surface area contributed by atoms with E-state index in [2.05, 4.69) is 26.1 Å². The summed E-state index contributed by atoms with van der Waals surface area (Å²) in [5.74, 6) is -0.826. The molecule has 2 fully saturated rings. The lowest BCUT2D eigenvalue weighted by Gasteiger charge is -2.29. The van der Waals surface area contributed by atoms with Gasteiger partial charge in [-0.2, -0.15) is 0 Å². The number of piperazine rings is 1. The first-order chi connectivity index (χ1) is 12.9. The van der Waals surface area contributed by atoms with Crippen LogP contribution in [0.25, 0.3) is 0 Å². The summed E-state index contributed by atoms with van der Waals surface area (Å²) in [5.41, 5.74) is 2.64. The zero-order valence-corrected chi connectivity index (χ0v) is 15.9. The fraction of sp³-hybridized carbons (Fsp3) is 0.500. The fourth-order valence-corrected chi connectivity index (χ4v) is 4.28. The Morgan fingerprint density at radius 2 is 2.00 bits per heavy atom. The highest BCUT2D eigenvalue weighted by Gasteiger charge is 2.39. The second-order valence-electron chi connectivity index (χ2n) is 6.95. The normalized spacial score (nSPS) is 25.3. The lowest BCUT2D eigenvalue weighted by Crippen LogP contribution is -2.52. The quantitative estimate of drug-likeness (QED) is 0.698. The number of hydrogen-bond acceptors (Lipinski definition) is 5. The van der Waals surface area contributed by atoms with Crippen molar-refractivity contribution in [1.29, 1.82) is 0 Å². The molecule has 0 saturated carbocycles. The predicted molar refractivity (Wildman–Crippen MR) is 98.3 cm³/mol. The first-order valence-corrected chi connectivity index (χ1v) is 9.64. The Morgan fingerprint density at radius 3 is 2.73 bits per heavy atom. The number of benzene rings is 1. The lowest BCUT2D eigenvalue weighted by molar-refractivity contribution is -0.136. The molecule has 0 bridgehead atoms. The third-order valence-electron chi connectivity index (χ3n) is 5.23. The first kappa shape index (κ1) is 16.4. The smallest absolute Gasteiger partial charge is 0.255 e. The Hall–Kier alpha value is -1.77. The summed E-state index contributed by atoms with van der Waals surface area (Å²) in [4.78, 5) is 40.2. The summed E-state index contributed by atoms with van der Waals surface area (Å²) >= 11 is 3.58. The number of halogens is 1. The van der Waals surface area contributed by atoms with E-state index in [0.717, 1.165) is 48.3 Å². The molecule has 7 nitrogen and oxygen atoms in total. The number of nitrogens with one attached hydrogen (secondary N) is 2. The first-order valence-electron chi connectivity index (χ1n) is 9.29. The summed E-state index contributed by atoms with van der Waals surface area (Å²) in [6, 6.07) is 3.30. The van der Waals surface area contributed by atoms with Gasteiger partial charge in [0.25, 0.3) is 5.91 Å². The molecular weight excluding hydrogens is 400 g/mol. The van der Waals surface area contributed by atoms with Crippen LogP contribution in [0.2, 0.25) is 1.41 Å². The van der Waals surface area contributed by atoms with E-state index in [0.29, 0.717) is 18.5 Å². The molecule has 8 heteroatoms. The van der Waals surface area contributed by atoms with Crippen LogP contribution >= 0.6 is 15.9 Å². The molecule has 2 saturated heterocycles. The fourth-order valence-electron chi connectivity index (χ4n) is 3.81. The van der Waals surface area contributed by atoms with Crippen molar-refractivity contribution < 1.29 is 15.8 Å². The molecule has 1 unspecified atom stereocenters. The largest absolute Gasteiger partial charge is 0.322 e. The van der Waals surface area contributed by atoms with Gasteiger partial charge < -0.3 is 10.2 Å². The van der Waals surface area contributed by atoms with Gasteiger partial charge in [-0.25, -0.2) is 0 Å². The molecule has 2 N–H and O–H groups in total. The van der Waals surface area contributed by atoms with Crippen LogP contribution in [-0.4, -0.2) is 59.7 Å². The van der Waals surface area contributed by atoms with E-state index < -0.39 is 6.04 Å². The molecular formula is C18H21BrN4O3. The topological polar surface area (TPSA) is 81.8 Å². The summed E-state index contributed by atoms with van der Waals surface area (Å²) in [7, 11) is 0. The number of carbonyl (C=O) groups excluding carboxylic acids is 3. The number of rotatable bonds is 3. The van der Waals surface area contributed by atoms with Crippen LogP contribution in [0.5, 0.6) is 0 Å². The van der Waals surface area contributed by atoms with E-state index in [4.69, 9.17) is 1.41 Å². The average molecular weight is 422 g/mol. The van der Waals surface area contributed by atoms with Gasteiger partial charge in [0, 0.05) is 55.7 Å². The zero-order valence-electron chi connectivity index (χ0n) is 15.3. The highest BCUT2D eigenvalue weighted by molar-refractivity contribution is 9.10. The Morgan fingerprint density at radius 1 is 1.23 bits per heavy atom. The van der Waals surface area contributed by atoms with Crippen LogP contribution in [0.1, 0.15) is 34.3 Å². The van der Waals surface area contributed by atoms with Crippen molar-refractivity contribution in [3.05, 3.63) is 33.3 Å². The van der Waals surface area contributed by atoms with E-state index in [1.807, 2.05) is 12.1 Å². The molecule has 1 aromatic rings. The van der Waals surface area contributed by atoms with Gasteiger partial charge in [0.1, 0.15) is 7.45 Å². The Labute approximate surface area is 161 Å². The molecule has 0 radical (unpaired) electrons. The van der Waals surface area contributed by atoms with E-state index in [1.54, 1.807) is 10.2 Å². The van der Waals surface area contributed by atoms with Crippen molar-refractivity contribution in [3.8, 4) is 0 Å². The second kappa shape index (κ2) is 7.09. The maximum Gasteiger partial charge on any atom is 0.255 e. The van der Waals surface area contributed by atoms with Gasteiger partial charge in [-0.05, 0) is 23.6 Å². The van der Waals surface area contributed by atoms with Crippen molar-refractivity contribution in [1.82, 2.24) is 20.4 Å². The number of nitrogens with zero attached hydrogens (tertiary/aromatic N) is 2. The molecule has 4 rings (SSSR count). The summed E-state index contributed by atoms with van der Waals surface area (Å²) in [6.07, 6.45) is 0.628. The summed E-state index contributed by atoms with van der Waals surface area (Å²) in [6.45, 7) is 4.28. The number of carbonyl (C=O) groups is 3. The third-order valence-corrected chi connectivity index (χ3v) is 5.97. The SMILES string of the molecule is [2H]N1CCN(Cc2cc3c(cc2Br)C(=O)N(C2CCC(=O)NC2=O)C3)CC1. The summed E-state index contributed by atoms with van der Waals surface area (Å²) < 4.78 is 8.54. The van der Waals surface area contributed by atoms with Gasteiger partial charge in [-0.1, -0.05) is 22.0 Å². The molecule has 3 amide bonds. The van der Waals surface area contributed by atoms with Crippen molar-refractivity contribution in [3.63, 3.8) is 0 Å². The van der Waals surface area contributed by atoms with Crippen LogP contribution in [0.3, 0.4) is 0 Å². The van der Waals surface area contributed by atoms with Gasteiger partial charge in [-0.3, -0.25) is 24.6 Å². The minimum Gasteiger partial charge on any atom is -0.322 e. The molecule has 1 aromatic carbocycles. The van der Waals surface area contributed by atoms with Gasteiger partial charge in [0.15, 0.2) is 0 Å². The van der Waals surface area contributed by atoms with Crippen LogP contribution in [0, 0.1) is 0 Å². The number of amides is 3. The van der Waals surface area contributed by atoms with E-state index in [1.165, 1.54) is 0 Å². The Balaban J connectivity index is 1.51. The molecule has 26 heavy (non-hydrogen) atoms. The second-order valence-corrected chi connectivity index (χ2v) is 7.80. The molecule has 3 heterocycles. The minimum absolute atomic E-state index is 0.158. The Bertz CT molecular complexity index is 810. The van der Waals surface area contributed by atoms with Crippen molar-refractivity contribution in [2.75, 3.05) is 26.2 Å². The van der Waals surface area contributed by atoms with E-state index in [-0.39, 0.29) is 24.1 Å². The molecule has 1 atom stereocenters. The maximum atomic E-state index is 12.8. The number of piperidine rings is 1. The van der Waals surface area contributed by atoms with Crippen LogP contribution in [-0.2, 0) is 22.7 Å². The van der Waals surface area contributed by atoms with Gasteiger partial charge in [0.05, 0.1) is 0 Å². The zero-order chi connectivity index (χ0) is 19.1. The molecule has 138 valence electrons. The van der Waals surface area contributed by atoms with E-state index >= 15 is 0 Å². The van der Waals surface area contributed by atoms with Crippen LogP contribution < -0.4 is 10.6 Å². The predicted octanol–water partition coefficient (Wildman–Crippen LogP) is 0.615. The lowest BCUT2D eigenvalue weighted by atomic mass is 10.0. The van der Waals surface area contributed by atoms with Crippen LogP contribution in [0.15, 0.2) is 16.6 Å². The van der Waals surface area contributed by atoms with Crippen molar-refractivity contribution >= 4 is 33.7 Å². The standard InChI is InChI=1S/C18H21BrN4O3/c19-14-8-13-11(7-12(14)9-22-5-3-20-4-6-22)10-23(18(13)26)15-1-2-16(24)21-17(15)25/h7-8,15,20H,1-6,9-10H2,(H,21,24,25)/i/hD. The average Bonchev–Trinajstić information content (AvgIpc) is 2.93. The van der Waals surface area contributed by atoms with E-state index in [9.17, 15) is 14.4 Å². The highest BCUT2D eigenvalue weighted by Crippen LogP contribution is 2.32. The third kappa shape index (κ3) is 3.28. The molecule has 3 aliphatic heterocycles. The number of imide groups is 1. The molecule has 3 aliphatic rings. The van der Waals surface area contributed by atoms with Crippen molar-refractivity contribution in [2.45, 2.75) is 32.0 Å². The van der Waals surface area contributed by atoms with Crippen molar-refractivity contribution in [2.24, 2.45) is 0 Å². The maximum absolute atomic E-state index is 12.8. The Kier molecular flexibility index (Phi) is 4.48. The highest BCUT2D eigenvalue weighted by atomic mass is 79.9. The minimum atomic E-state index is -0.588. The van der Waals surface area contributed by atoms with Crippen LogP contribution in [0.4, 0.5) is 0 Å². The number of fused-ring (bicyclic) bond motifs is 1. The molecule has 0 aromatic heterocycles. The van der Waals surface area contributed by atoms with Gasteiger partial charge in [0.2, 0.25) is 11.8 Å².